The molecule has 19 heavy (non-hydrogen) atoms. The van der Waals surface area contributed by atoms with Gasteiger partial charge in [-0.1, -0.05) is 38.0 Å². The van der Waals surface area contributed by atoms with E-state index in [1.807, 2.05) is 13.0 Å². The second-order valence-corrected chi connectivity index (χ2v) is 4.43. The van der Waals surface area contributed by atoms with Gasteiger partial charge in [-0.05, 0) is 33.6 Å². The van der Waals surface area contributed by atoms with Gasteiger partial charge in [-0.25, -0.2) is 8.78 Å². The van der Waals surface area contributed by atoms with Gasteiger partial charge in [-0.2, -0.15) is 0 Å². The molecule has 0 aliphatic heterocycles. The third-order valence-corrected chi connectivity index (χ3v) is 2.95. The van der Waals surface area contributed by atoms with Crippen LogP contribution in [0.5, 0.6) is 0 Å². The lowest BCUT2D eigenvalue weighted by Gasteiger charge is -2.13. The fraction of sp³-hybridized carbons (Fsp3) is 0.562. The van der Waals surface area contributed by atoms with Gasteiger partial charge in [-0.3, -0.25) is 4.99 Å². The van der Waals surface area contributed by atoms with E-state index in [2.05, 4.69) is 11.9 Å². The topological polar surface area (TPSA) is 12.4 Å². The smallest absolute Gasteiger partial charge is 0.264 e. The Morgan fingerprint density at radius 3 is 2.26 bits per heavy atom. The Kier molecular flexibility index (Phi) is 9.02. The molecule has 0 rings (SSSR count). The molecule has 0 heterocycles. The second-order valence-electron chi connectivity index (χ2n) is 4.43. The average molecular weight is 269 g/mol. The van der Waals surface area contributed by atoms with Crippen molar-refractivity contribution in [2.45, 2.75) is 60.3 Å². The average Bonchev–Trinajstić information content (AvgIpc) is 2.37. The van der Waals surface area contributed by atoms with E-state index in [4.69, 9.17) is 0 Å². The number of halogens is 2. The van der Waals surface area contributed by atoms with Gasteiger partial charge in [0.25, 0.3) is 6.43 Å². The van der Waals surface area contributed by atoms with Crippen molar-refractivity contribution in [3.63, 3.8) is 0 Å². The van der Waals surface area contributed by atoms with Crippen LogP contribution < -0.4 is 0 Å². The zero-order valence-electron chi connectivity index (χ0n) is 12.6. The Morgan fingerprint density at radius 2 is 1.84 bits per heavy atom. The summed E-state index contributed by atoms with van der Waals surface area (Å²) in [5.41, 5.74) is 2.04. The van der Waals surface area contributed by atoms with E-state index in [0.29, 0.717) is 17.7 Å². The normalized spacial score (nSPS) is 15.4. The van der Waals surface area contributed by atoms with Crippen molar-refractivity contribution in [3.8, 4) is 0 Å². The van der Waals surface area contributed by atoms with E-state index >= 15 is 0 Å². The molecule has 0 atom stereocenters. The van der Waals surface area contributed by atoms with Crippen LogP contribution in [0, 0.1) is 0 Å². The highest BCUT2D eigenvalue weighted by Crippen LogP contribution is 2.28. The van der Waals surface area contributed by atoms with Crippen LogP contribution in [0.3, 0.4) is 0 Å². The molecule has 0 bridgehead atoms. The van der Waals surface area contributed by atoms with Crippen LogP contribution >= 0.6 is 0 Å². The van der Waals surface area contributed by atoms with Gasteiger partial charge in [0.1, 0.15) is 0 Å². The lowest BCUT2D eigenvalue weighted by atomic mass is 9.97. The van der Waals surface area contributed by atoms with Gasteiger partial charge in [0.2, 0.25) is 0 Å². The van der Waals surface area contributed by atoms with Gasteiger partial charge in [0.05, 0.1) is 0 Å². The Labute approximate surface area is 115 Å². The Hall–Kier alpha value is -1.25. The first-order valence-electron chi connectivity index (χ1n) is 6.83. The fourth-order valence-electron chi connectivity index (χ4n) is 1.76. The number of alkyl halides is 2. The van der Waals surface area contributed by atoms with E-state index in [9.17, 15) is 8.78 Å². The van der Waals surface area contributed by atoms with Crippen molar-refractivity contribution in [3.05, 3.63) is 34.6 Å². The van der Waals surface area contributed by atoms with E-state index in [1.54, 1.807) is 33.1 Å². The summed E-state index contributed by atoms with van der Waals surface area (Å²) in [5, 5.41) is 0. The molecule has 0 saturated heterocycles. The third kappa shape index (κ3) is 5.95. The molecule has 0 unspecified atom stereocenters. The monoisotopic (exact) mass is 269 g/mol. The summed E-state index contributed by atoms with van der Waals surface area (Å²) in [7, 11) is 0. The molecular formula is C16H25F2N. The highest BCUT2D eigenvalue weighted by atomic mass is 19.3. The lowest BCUT2D eigenvalue weighted by molar-refractivity contribution is 0.191. The van der Waals surface area contributed by atoms with E-state index in [1.165, 1.54) is 0 Å². The maximum Gasteiger partial charge on any atom is 0.264 e. The standard InChI is InChI=1S/C16H25F2N/c1-6-9-10-11-14(13(5)19-8-3)15(16(17)18)12(4)7-2/h8,10-11,16H,6-7,9H2,1-5H3/b11-10-,14-13-,15-12?,19-8?. The molecule has 0 aromatic rings. The maximum absolute atomic E-state index is 13.3. The number of nitrogens with zero attached hydrogens (tertiary/aromatic N) is 1. The van der Waals surface area contributed by atoms with E-state index in [0.717, 1.165) is 18.4 Å². The minimum Gasteiger partial charge on any atom is -0.266 e. The number of aliphatic imine (C=N–C) groups is 1. The Bertz CT molecular complexity index is 388. The first-order valence-corrected chi connectivity index (χ1v) is 6.83. The molecule has 0 amide bonds. The summed E-state index contributed by atoms with van der Waals surface area (Å²) in [6.45, 7) is 9.28. The zero-order chi connectivity index (χ0) is 14.8. The summed E-state index contributed by atoms with van der Waals surface area (Å²) in [6, 6.07) is 0. The predicted molar refractivity (Wildman–Crippen MR) is 79.9 cm³/mol. The van der Waals surface area contributed by atoms with Crippen LogP contribution in [0.4, 0.5) is 8.78 Å². The minimum absolute atomic E-state index is 0.123. The Morgan fingerprint density at radius 1 is 1.21 bits per heavy atom. The van der Waals surface area contributed by atoms with E-state index in [-0.39, 0.29) is 5.57 Å². The van der Waals surface area contributed by atoms with Crippen molar-refractivity contribution in [2.75, 3.05) is 0 Å². The van der Waals surface area contributed by atoms with Crippen LogP contribution in [-0.4, -0.2) is 12.6 Å². The molecule has 0 radical (unpaired) electrons. The largest absolute Gasteiger partial charge is 0.266 e. The SMILES string of the molecule is CC=N/C(C)=C(/C=C\CCC)C(=C(C)CC)C(F)F. The minimum atomic E-state index is -2.47. The third-order valence-electron chi connectivity index (χ3n) is 2.95. The molecule has 0 N–H and O–H groups in total. The molecule has 0 fully saturated rings. The molecule has 3 heteroatoms. The summed E-state index contributed by atoms with van der Waals surface area (Å²) < 4.78 is 26.6. The molecule has 0 aliphatic carbocycles. The van der Waals surface area contributed by atoms with E-state index < -0.39 is 6.43 Å². The van der Waals surface area contributed by atoms with Crippen LogP contribution in [0.2, 0.25) is 0 Å². The molecule has 1 nitrogen and oxygen atoms in total. The van der Waals surface area contributed by atoms with Crippen molar-refractivity contribution in [1.29, 1.82) is 0 Å². The molecule has 108 valence electrons. The van der Waals surface area contributed by atoms with Crippen molar-refractivity contribution < 1.29 is 8.78 Å². The maximum atomic E-state index is 13.3. The number of unbranched alkanes of at least 4 members (excludes halogenated alkanes) is 1. The van der Waals surface area contributed by atoms with Crippen molar-refractivity contribution in [2.24, 2.45) is 4.99 Å². The quantitative estimate of drug-likeness (QED) is 0.415. The predicted octanol–water partition coefficient (Wildman–Crippen LogP) is 5.70. The second kappa shape index (κ2) is 9.65. The lowest BCUT2D eigenvalue weighted by Crippen LogP contribution is -2.04. The highest BCUT2D eigenvalue weighted by Gasteiger charge is 2.18. The van der Waals surface area contributed by atoms with Gasteiger partial charge in [0, 0.05) is 23.1 Å². The molecule has 0 spiro atoms. The van der Waals surface area contributed by atoms with Gasteiger partial charge in [-0.15, -0.1) is 0 Å². The molecule has 0 aromatic carbocycles. The summed E-state index contributed by atoms with van der Waals surface area (Å²) in [5.74, 6) is 0. The molecule has 0 aliphatic rings. The summed E-state index contributed by atoms with van der Waals surface area (Å²) >= 11 is 0. The Balaban J connectivity index is 5.76. The first-order chi connectivity index (χ1) is 8.99. The van der Waals surface area contributed by atoms with Gasteiger partial charge < -0.3 is 0 Å². The van der Waals surface area contributed by atoms with Crippen LogP contribution in [-0.2, 0) is 0 Å². The van der Waals surface area contributed by atoms with Crippen molar-refractivity contribution >= 4 is 6.21 Å². The fourth-order valence-corrected chi connectivity index (χ4v) is 1.76. The van der Waals surface area contributed by atoms with Gasteiger partial charge >= 0.3 is 0 Å². The van der Waals surface area contributed by atoms with Gasteiger partial charge in [0.15, 0.2) is 0 Å². The molecule has 0 aromatic heterocycles. The highest BCUT2D eigenvalue weighted by molar-refractivity contribution is 5.57. The van der Waals surface area contributed by atoms with Crippen molar-refractivity contribution in [1.82, 2.24) is 0 Å². The number of hydrogen-bond acceptors (Lipinski definition) is 1. The summed E-state index contributed by atoms with van der Waals surface area (Å²) in [4.78, 5) is 4.16. The zero-order valence-corrected chi connectivity index (χ0v) is 12.6. The first kappa shape index (κ1) is 17.8. The van der Waals surface area contributed by atoms with Crippen LogP contribution in [0.1, 0.15) is 53.9 Å². The number of allylic oxidation sites excluding steroid dienone is 6. The molecule has 0 saturated carbocycles. The summed E-state index contributed by atoms with van der Waals surface area (Å²) in [6.07, 6.45) is 5.39. The number of hydrogen-bond donors (Lipinski definition) is 0. The molecular weight excluding hydrogens is 244 g/mol. The van der Waals surface area contributed by atoms with Crippen LogP contribution in [0.15, 0.2) is 39.6 Å². The van der Waals surface area contributed by atoms with Crippen LogP contribution in [0.25, 0.3) is 0 Å². The number of rotatable bonds is 7.